The number of carbonyl (C=O) groups excluding carboxylic acids is 1. The molecule has 2 aromatic carbocycles. The van der Waals surface area contributed by atoms with Crippen LogP contribution in [-0.2, 0) is 39.0 Å². The lowest BCUT2D eigenvalue weighted by Gasteiger charge is -2.25. The van der Waals surface area contributed by atoms with Gasteiger partial charge in [-0.3, -0.25) is 9.59 Å². The second-order valence-corrected chi connectivity index (χ2v) is 10.1. The Morgan fingerprint density at radius 1 is 1.13 bits per heavy atom. The number of fused-ring (bicyclic) bond motifs is 2. The van der Waals surface area contributed by atoms with Gasteiger partial charge in [-0.1, -0.05) is 30.3 Å². The number of nitrogens with one attached hydrogen (secondary N) is 1. The fourth-order valence-corrected chi connectivity index (χ4v) is 5.66. The molecule has 8 nitrogen and oxygen atoms in total. The van der Waals surface area contributed by atoms with E-state index in [2.05, 4.69) is 10.3 Å². The van der Waals surface area contributed by atoms with Crippen LogP contribution in [0.1, 0.15) is 22.6 Å². The maximum absolute atomic E-state index is 13.1. The van der Waals surface area contributed by atoms with E-state index in [4.69, 9.17) is 5.14 Å². The average molecular weight is 446 g/mol. The molecule has 10 heteroatoms. The van der Waals surface area contributed by atoms with Crippen molar-refractivity contribution in [2.45, 2.75) is 30.7 Å². The zero-order chi connectivity index (χ0) is 21.5. The lowest BCUT2D eigenvalue weighted by Crippen LogP contribution is -2.43. The van der Waals surface area contributed by atoms with Gasteiger partial charge in [-0.05, 0) is 36.1 Å². The highest BCUT2D eigenvalue weighted by molar-refractivity contribution is 7.89. The number of primary sulfonamides is 1. The van der Waals surface area contributed by atoms with Crippen LogP contribution in [0, 0.1) is 5.41 Å². The second-order valence-electron chi connectivity index (χ2n) is 7.41. The Bertz CT molecular complexity index is 1240. The molecule has 0 aliphatic heterocycles. The summed E-state index contributed by atoms with van der Waals surface area (Å²) in [6.07, 6.45) is 0.441. The third-order valence-electron chi connectivity index (χ3n) is 5.28. The van der Waals surface area contributed by atoms with Crippen molar-refractivity contribution in [1.29, 1.82) is 0 Å². The van der Waals surface area contributed by atoms with Crippen LogP contribution in [0.3, 0.4) is 0 Å². The minimum Gasteiger partial charge on any atom is -0.481 e. The molecule has 156 valence electrons. The standard InChI is InChI=1S/C20H19N3O5S2/c21-30(27,28)15-7-3-6-14-18(15)23-16(29-14)11-22-19(26)20(10-17(24)25)8-12-4-1-2-5-13(12)9-20/h1-7H,8-11H2,(H,22,26)(H,24,25)(H2,21,27,28). The Hall–Kier alpha value is -2.82. The van der Waals surface area contributed by atoms with Gasteiger partial charge in [-0.2, -0.15) is 0 Å². The van der Waals surface area contributed by atoms with Gasteiger partial charge in [0.1, 0.15) is 15.4 Å². The molecule has 1 heterocycles. The smallest absolute Gasteiger partial charge is 0.304 e. The van der Waals surface area contributed by atoms with Gasteiger partial charge in [-0.25, -0.2) is 18.5 Å². The molecule has 0 bridgehead atoms. The number of carboxylic acids is 1. The molecule has 0 unspecified atom stereocenters. The van der Waals surface area contributed by atoms with E-state index in [0.717, 1.165) is 11.1 Å². The Morgan fingerprint density at radius 2 is 1.80 bits per heavy atom. The molecule has 1 aliphatic carbocycles. The third kappa shape index (κ3) is 3.81. The number of nitrogens with zero attached hydrogens (tertiary/aromatic N) is 1. The van der Waals surface area contributed by atoms with Crippen molar-refractivity contribution in [2.75, 3.05) is 0 Å². The van der Waals surface area contributed by atoms with Crippen LogP contribution >= 0.6 is 11.3 Å². The van der Waals surface area contributed by atoms with Crippen LogP contribution in [-0.4, -0.2) is 30.4 Å². The molecule has 3 aromatic rings. The zero-order valence-corrected chi connectivity index (χ0v) is 17.4. The van der Waals surface area contributed by atoms with E-state index in [1.807, 2.05) is 24.3 Å². The van der Waals surface area contributed by atoms with Gasteiger partial charge in [0, 0.05) is 0 Å². The number of hydrogen-bond donors (Lipinski definition) is 3. The SMILES string of the molecule is NS(=O)(=O)c1cccc2sc(CNC(=O)C3(CC(=O)O)Cc4ccccc4C3)nc12. The maximum atomic E-state index is 13.1. The summed E-state index contributed by atoms with van der Waals surface area (Å²) in [4.78, 5) is 28.8. The van der Waals surface area contributed by atoms with Crippen LogP contribution in [0.4, 0.5) is 0 Å². The fourth-order valence-electron chi connectivity index (χ4n) is 3.97. The van der Waals surface area contributed by atoms with Crippen LogP contribution in [0.5, 0.6) is 0 Å². The van der Waals surface area contributed by atoms with Crippen LogP contribution in [0.2, 0.25) is 0 Å². The topological polar surface area (TPSA) is 139 Å². The number of benzene rings is 2. The normalized spacial score (nSPS) is 15.1. The number of carbonyl (C=O) groups is 2. The Morgan fingerprint density at radius 3 is 2.40 bits per heavy atom. The highest BCUT2D eigenvalue weighted by atomic mass is 32.2. The van der Waals surface area contributed by atoms with Gasteiger partial charge in [0.2, 0.25) is 15.9 Å². The molecule has 1 amide bonds. The molecule has 1 aliphatic rings. The minimum absolute atomic E-state index is 0.0672. The first-order valence-corrected chi connectivity index (χ1v) is 11.5. The zero-order valence-electron chi connectivity index (χ0n) is 15.8. The summed E-state index contributed by atoms with van der Waals surface area (Å²) in [5.41, 5.74) is 1.17. The highest BCUT2D eigenvalue weighted by Crippen LogP contribution is 2.40. The number of para-hydroxylation sites is 1. The first kappa shape index (κ1) is 20.5. The maximum Gasteiger partial charge on any atom is 0.304 e. The molecule has 0 saturated heterocycles. The van der Waals surface area contributed by atoms with Crippen molar-refractivity contribution in [2.24, 2.45) is 10.6 Å². The summed E-state index contributed by atoms with van der Waals surface area (Å²) < 4.78 is 24.2. The number of hydrogen-bond acceptors (Lipinski definition) is 6. The molecule has 0 spiro atoms. The van der Waals surface area contributed by atoms with E-state index >= 15 is 0 Å². The first-order valence-electron chi connectivity index (χ1n) is 9.16. The summed E-state index contributed by atoms with van der Waals surface area (Å²) in [5.74, 6) is -1.39. The number of thiazole rings is 1. The Balaban J connectivity index is 1.57. The van der Waals surface area contributed by atoms with E-state index in [-0.39, 0.29) is 29.3 Å². The highest BCUT2D eigenvalue weighted by Gasteiger charge is 2.45. The molecular formula is C20H19N3O5S2. The van der Waals surface area contributed by atoms with Gasteiger partial charge in [0.15, 0.2) is 0 Å². The molecule has 1 aromatic heterocycles. The summed E-state index contributed by atoms with van der Waals surface area (Å²) in [7, 11) is -3.92. The average Bonchev–Trinajstić information content (AvgIpc) is 3.25. The molecule has 0 radical (unpaired) electrons. The van der Waals surface area contributed by atoms with Crippen molar-refractivity contribution in [3.63, 3.8) is 0 Å². The van der Waals surface area contributed by atoms with Gasteiger partial charge in [0.05, 0.1) is 23.1 Å². The van der Waals surface area contributed by atoms with Crippen molar-refractivity contribution in [3.05, 3.63) is 58.6 Å². The summed E-state index contributed by atoms with van der Waals surface area (Å²) in [5, 5.41) is 18.0. The second kappa shape index (κ2) is 7.46. The van der Waals surface area contributed by atoms with E-state index < -0.39 is 21.4 Å². The third-order valence-corrected chi connectivity index (χ3v) is 7.24. The molecule has 4 rings (SSSR count). The molecular weight excluding hydrogens is 426 g/mol. The van der Waals surface area contributed by atoms with Gasteiger partial charge in [0.25, 0.3) is 0 Å². The molecule has 4 N–H and O–H groups in total. The Kier molecular flexibility index (Phi) is 5.08. The quantitative estimate of drug-likeness (QED) is 0.529. The molecule has 30 heavy (non-hydrogen) atoms. The lowest BCUT2D eigenvalue weighted by atomic mass is 9.80. The number of carboxylic acid groups (broad SMARTS) is 1. The summed E-state index contributed by atoms with van der Waals surface area (Å²) >= 11 is 1.25. The predicted octanol–water partition coefficient (Wildman–Crippen LogP) is 1.82. The van der Waals surface area contributed by atoms with E-state index in [1.165, 1.54) is 17.4 Å². The van der Waals surface area contributed by atoms with Crippen molar-refractivity contribution in [3.8, 4) is 0 Å². The van der Waals surface area contributed by atoms with Crippen molar-refractivity contribution >= 4 is 43.5 Å². The minimum atomic E-state index is -3.92. The monoisotopic (exact) mass is 445 g/mol. The van der Waals surface area contributed by atoms with Gasteiger partial charge >= 0.3 is 5.97 Å². The summed E-state index contributed by atoms with van der Waals surface area (Å²) in [6.45, 7) is 0.0694. The molecule has 0 saturated carbocycles. The van der Waals surface area contributed by atoms with Gasteiger partial charge in [-0.15, -0.1) is 11.3 Å². The fraction of sp³-hybridized carbons (Fsp3) is 0.250. The number of aromatic nitrogens is 1. The van der Waals surface area contributed by atoms with E-state index in [0.29, 0.717) is 22.5 Å². The van der Waals surface area contributed by atoms with Crippen molar-refractivity contribution in [1.82, 2.24) is 10.3 Å². The Labute approximate surface area is 176 Å². The largest absolute Gasteiger partial charge is 0.481 e. The van der Waals surface area contributed by atoms with E-state index in [1.54, 1.807) is 12.1 Å². The number of nitrogens with two attached hydrogens (primary N) is 1. The molecule has 0 fully saturated rings. The number of amides is 1. The summed E-state index contributed by atoms with van der Waals surface area (Å²) in [6, 6.07) is 12.3. The number of rotatable bonds is 6. The van der Waals surface area contributed by atoms with Crippen LogP contribution in [0.15, 0.2) is 47.4 Å². The van der Waals surface area contributed by atoms with E-state index in [9.17, 15) is 23.1 Å². The first-order chi connectivity index (χ1) is 14.2. The number of aliphatic carboxylic acids is 1. The molecule has 0 atom stereocenters. The lowest BCUT2D eigenvalue weighted by molar-refractivity contribution is -0.145. The van der Waals surface area contributed by atoms with Crippen LogP contribution < -0.4 is 10.5 Å². The number of sulfonamides is 1. The van der Waals surface area contributed by atoms with Crippen molar-refractivity contribution < 1.29 is 23.1 Å². The predicted molar refractivity (Wildman–Crippen MR) is 111 cm³/mol. The van der Waals surface area contributed by atoms with Gasteiger partial charge < -0.3 is 10.4 Å². The van der Waals surface area contributed by atoms with Crippen LogP contribution in [0.25, 0.3) is 10.2 Å².